The Hall–Kier alpha value is -2.44. The third-order valence-electron chi connectivity index (χ3n) is 5.53. The summed E-state index contributed by atoms with van der Waals surface area (Å²) in [7, 11) is 0. The fraction of sp³-hybridized carbons (Fsp3) is 0.429. The second kappa shape index (κ2) is 7.29. The quantitative estimate of drug-likeness (QED) is 0.778. The highest BCUT2D eigenvalue weighted by atomic mass is 16.7. The highest BCUT2D eigenvalue weighted by molar-refractivity contribution is 5.45. The van der Waals surface area contributed by atoms with Crippen molar-refractivity contribution in [2.75, 3.05) is 26.8 Å². The van der Waals surface area contributed by atoms with Crippen molar-refractivity contribution in [3.05, 3.63) is 47.5 Å². The van der Waals surface area contributed by atoms with Crippen LogP contribution in [0.25, 0.3) is 0 Å². The van der Waals surface area contributed by atoms with Crippen LogP contribution in [0.2, 0.25) is 0 Å². The van der Waals surface area contributed by atoms with Crippen LogP contribution in [-0.2, 0) is 12.8 Å². The Labute approximate surface area is 158 Å². The first-order valence-electron chi connectivity index (χ1n) is 9.10. The number of aliphatic hydroxyl groups excluding tert-OH is 2. The average molecular weight is 372 g/mol. The van der Waals surface area contributed by atoms with Gasteiger partial charge in [-0.15, -0.1) is 0 Å². The van der Waals surface area contributed by atoms with Crippen LogP contribution in [0.15, 0.2) is 36.4 Å². The fourth-order valence-electron chi connectivity index (χ4n) is 3.73. The van der Waals surface area contributed by atoms with E-state index in [1.165, 1.54) is 0 Å². The molecule has 0 radical (unpaired) electrons. The zero-order valence-electron chi connectivity index (χ0n) is 15.3. The Morgan fingerprint density at radius 3 is 2.00 bits per heavy atom. The molecule has 2 aliphatic rings. The lowest BCUT2D eigenvalue weighted by Crippen LogP contribution is -2.37. The predicted molar refractivity (Wildman–Crippen MR) is 98.3 cm³/mol. The van der Waals surface area contributed by atoms with Gasteiger partial charge in [0.2, 0.25) is 13.6 Å². The molecular weight excluding hydrogens is 348 g/mol. The van der Waals surface area contributed by atoms with Crippen molar-refractivity contribution >= 4 is 0 Å². The van der Waals surface area contributed by atoms with Gasteiger partial charge in [-0.1, -0.05) is 19.1 Å². The molecule has 0 saturated carbocycles. The van der Waals surface area contributed by atoms with Crippen LogP contribution in [0.4, 0.5) is 0 Å². The first-order valence-corrected chi connectivity index (χ1v) is 9.10. The van der Waals surface area contributed by atoms with E-state index < -0.39 is 5.41 Å². The van der Waals surface area contributed by atoms with E-state index in [1.807, 2.05) is 43.3 Å². The first kappa shape index (κ1) is 17.9. The molecule has 2 atom stereocenters. The minimum absolute atomic E-state index is 0.0178. The molecule has 6 heteroatoms. The number of fused-ring (bicyclic) bond motifs is 2. The van der Waals surface area contributed by atoms with Crippen molar-refractivity contribution in [2.45, 2.75) is 19.8 Å². The van der Waals surface area contributed by atoms with Crippen molar-refractivity contribution in [1.82, 2.24) is 0 Å². The average Bonchev–Trinajstić information content (AvgIpc) is 3.34. The summed E-state index contributed by atoms with van der Waals surface area (Å²) < 4.78 is 21.6. The van der Waals surface area contributed by atoms with E-state index in [2.05, 4.69) is 0 Å². The largest absolute Gasteiger partial charge is 0.454 e. The Balaban J connectivity index is 1.53. The number of hydrogen-bond donors (Lipinski definition) is 2. The van der Waals surface area contributed by atoms with Gasteiger partial charge in [-0.25, -0.2) is 0 Å². The summed E-state index contributed by atoms with van der Waals surface area (Å²) >= 11 is 0. The SMILES string of the molecule is CC(CO)(Cc1ccc2c(c1)OCO2)C(CO)Cc1ccc2c(c1)OCO2. The molecular formula is C21H24O6. The summed E-state index contributed by atoms with van der Waals surface area (Å²) in [4.78, 5) is 0. The summed E-state index contributed by atoms with van der Waals surface area (Å²) in [6.45, 7) is 2.43. The molecule has 2 aromatic carbocycles. The second-order valence-electron chi connectivity index (χ2n) is 7.45. The van der Waals surface area contributed by atoms with E-state index >= 15 is 0 Å². The second-order valence-corrected chi connectivity index (χ2v) is 7.45. The van der Waals surface area contributed by atoms with Crippen LogP contribution in [0, 0.1) is 11.3 Å². The van der Waals surface area contributed by atoms with Crippen LogP contribution in [0.5, 0.6) is 23.0 Å². The van der Waals surface area contributed by atoms with Gasteiger partial charge in [0.25, 0.3) is 0 Å². The lowest BCUT2D eigenvalue weighted by atomic mass is 9.71. The smallest absolute Gasteiger partial charge is 0.231 e. The molecule has 2 aliphatic heterocycles. The maximum atomic E-state index is 10.2. The molecule has 0 aromatic heterocycles. The minimum Gasteiger partial charge on any atom is -0.454 e. The van der Waals surface area contributed by atoms with Crippen LogP contribution >= 0.6 is 0 Å². The van der Waals surface area contributed by atoms with Crippen molar-refractivity contribution in [3.8, 4) is 23.0 Å². The van der Waals surface area contributed by atoms with Gasteiger partial charge in [-0.2, -0.15) is 0 Å². The van der Waals surface area contributed by atoms with E-state index in [-0.39, 0.29) is 32.7 Å². The summed E-state index contributed by atoms with van der Waals surface area (Å²) in [5.41, 5.74) is 1.60. The highest BCUT2D eigenvalue weighted by Crippen LogP contribution is 2.39. The molecule has 2 unspecified atom stereocenters. The van der Waals surface area contributed by atoms with Gasteiger partial charge >= 0.3 is 0 Å². The third-order valence-corrected chi connectivity index (χ3v) is 5.53. The summed E-state index contributed by atoms with van der Waals surface area (Å²) in [5.74, 6) is 2.82. The van der Waals surface area contributed by atoms with Gasteiger partial charge in [-0.3, -0.25) is 0 Å². The predicted octanol–water partition coefficient (Wildman–Crippen LogP) is 2.54. The van der Waals surface area contributed by atoms with Gasteiger partial charge < -0.3 is 29.2 Å². The van der Waals surface area contributed by atoms with E-state index in [0.29, 0.717) is 12.8 Å². The van der Waals surface area contributed by atoms with Gasteiger partial charge in [0, 0.05) is 13.2 Å². The zero-order chi connectivity index (χ0) is 18.9. The van der Waals surface area contributed by atoms with E-state index in [4.69, 9.17) is 18.9 Å². The van der Waals surface area contributed by atoms with Gasteiger partial charge in [0.05, 0.1) is 0 Å². The summed E-state index contributed by atoms with van der Waals surface area (Å²) in [5, 5.41) is 20.2. The zero-order valence-corrected chi connectivity index (χ0v) is 15.3. The Kier molecular flexibility index (Phi) is 4.85. The van der Waals surface area contributed by atoms with Gasteiger partial charge in [0.1, 0.15) is 0 Å². The Bertz CT molecular complexity index is 820. The summed E-state index contributed by atoms with van der Waals surface area (Å²) in [6.07, 6.45) is 1.25. The lowest BCUT2D eigenvalue weighted by Gasteiger charge is -2.35. The van der Waals surface area contributed by atoms with Crippen LogP contribution in [-0.4, -0.2) is 37.0 Å². The molecule has 144 valence electrons. The molecule has 0 fully saturated rings. The summed E-state index contributed by atoms with van der Waals surface area (Å²) in [6, 6.07) is 11.6. The van der Waals surface area contributed by atoms with Crippen molar-refractivity contribution in [3.63, 3.8) is 0 Å². The van der Waals surface area contributed by atoms with Crippen LogP contribution < -0.4 is 18.9 Å². The molecule has 4 rings (SSSR count). The van der Waals surface area contributed by atoms with E-state index in [1.54, 1.807) is 0 Å². The topological polar surface area (TPSA) is 77.4 Å². The molecule has 6 nitrogen and oxygen atoms in total. The minimum atomic E-state index is -0.487. The van der Waals surface area contributed by atoms with E-state index in [0.717, 1.165) is 34.1 Å². The number of aliphatic hydroxyl groups is 2. The molecule has 0 saturated heterocycles. The fourth-order valence-corrected chi connectivity index (χ4v) is 3.73. The van der Waals surface area contributed by atoms with Gasteiger partial charge in [0.15, 0.2) is 23.0 Å². The number of hydrogen-bond acceptors (Lipinski definition) is 6. The number of rotatable bonds is 7. The first-order chi connectivity index (χ1) is 13.1. The van der Waals surface area contributed by atoms with Crippen molar-refractivity contribution in [1.29, 1.82) is 0 Å². The monoisotopic (exact) mass is 372 g/mol. The molecule has 27 heavy (non-hydrogen) atoms. The molecule has 2 aromatic rings. The molecule has 0 amide bonds. The molecule has 0 bridgehead atoms. The third kappa shape index (κ3) is 3.55. The Morgan fingerprint density at radius 1 is 0.852 bits per heavy atom. The van der Waals surface area contributed by atoms with Crippen LogP contribution in [0.1, 0.15) is 18.1 Å². The number of ether oxygens (including phenoxy) is 4. The highest BCUT2D eigenvalue weighted by Gasteiger charge is 2.34. The maximum absolute atomic E-state index is 10.2. The lowest BCUT2D eigenvalue weighted by molar-refractivity contribution is 0.0416. The molecule has 0 spiro atoms. The Morgan fingerprint density at radius 2 is 1.41 bits per heavy atom. The molecule has 2 N–H and O–H groups in total. The molecule has 2 heterocycles. The van der Waals surface area contributed by atoms with Crippen molar-refractivity contribution in [2.24, 2.45) is 11.3 Å². The van der Waals surface area contributed by atoms with Crippen molar-refractivity contribution < 1.29 is 29.2 Å². The standard InChI is InChI=1S/C21H24O6/c1-21(11-23,9-15-3-5-18-20(8-15)27-13-25-18)16(10-22)6-14-2-4-17-19(7-14)26-12-24-17/h2-5,7-8,16,22-23H,6,9-13H2,1H3. The maximum Gasteiger partial charge on any atom is 0.231 e. The normalized spacial score (nSPS) is 17.6. The molecule has 0 aliphatic carbocycles. The van der Waals surface area contributed by atoms with Crippen LogP contribution in [0.3, 0.4) is 0 Å². The van der Waals surface area contributed by atoms with Gasteiger partial charge in [-0.05, 0) is 59.6 Å². The number of benzene rings is 2. The van der Waals surface area contributed by atoms with E-state index in [9.17, 15) is 10.2 Å².